The lowest BCUT2D eigenvalue weighted by Gasteiger charge is -2.18. The molecule has 1 aromatic heterocycles. The largest absolute Gasteiger partial charge is 0.492 e. The number of ether oxygens (including phenoxy) is 1. The highest BCUT2D eigenvalue weighted by atomic mass is 19.1. The second-order valence-electron chi connectivity index (χ2n) is 5.34. The van der Waals surface area contributed by atoms with E-state index in [4.69, 9.17) is 9.15 Å². The van der Waals surface area contributed by atoms with Gasteiger partial charge in [0.25, 0.3) is 0 Å². The van der Waals surface area contributed by atoms with Crippen molar-refractivity contribution in [3.63, 3.8) is 0 Å². The highest BCUT2D eigenvalue weighted by Gasteiger charge is 2.17. The first kappa shape index (κ1) is 17.8. The molecule has 2 aromatic rings. The molecule has 2 atom stereocenters. The second kappa shape index (κ2) is 8.35. The first-order valence-electron chi connectivity index (χ1n) is 7.71. The zero-order chi connectivity index (χ0) is 17.5. The van der Waals surface area contributed by atoms with Crippen LogP contribution in [0.5, 0.6) is 5.75 Å². The van der Waals surface area contributed by atoms with Gasteiger partial charge in [0, 0.05) is 18.5 Å². The number of aliphatic hydroxyl groups is 1. The van der Waals surface area contributed by atoms with Crippen molar-refractivity contribution in [1.82, 2.24) is 5.32 Å². The summed E-state index contributed by atoms with van der Waals surface area (Å²) < 4.78 is 23.7. The minimum Gasteiger partial charge on any atom is -0.492 e. The molecule has 0 saturated carbocycles. The number of furan rings is 1. The van der Waals surface area contributed by atoms with E-state index in [2.05, 4.69) is 10.6 Å². The fraction of sp³-hybridized carbons (Fsp3) is 0.353. The first-order chi connectivity index (χ1) is 11.5. The van der Waals surface area contributed by atoms with E-state index in [0.29, 0.717) is 24.5 Å². The van der Waals surface area contributed by atoms with E-state index in [1.165, 1.54) is 24.5 Å². The molecule has 3 N–H and O–H groups in total. The van der Waals surface area contributed by atoms with Crippen molar-refractivity contribution in [2.75, 3.05) is 11.9 Å². The van der Waals surface area contributed by atoms with Gasteiger partial charge < -0.3 is 24.9 Å². The Morgan fingerprint density at radius 3 is 2.88 bits per heavy atom. The van der Waals surface area contributed by atoms with Crippen LogP contribution < -0.4 is 15.4 Å². The Balaban J connectivity index is 1.90. The predicted molar refractivity (Wildman–Crippen MR) is 87.5 cm³/mol. The molecule has 0 radical (unpaired) electrons. The Hall–Kier alpha value is -2.54. The van der Waals surface area contributed by atoms with Gasteiger partial charge in [0.15, 0.2) is 0 Å². The van der Waals surface area contributed by atoms with E-state index in [1.54, 1.807) is 26.0 Å². The van der Waals surface area contributed by atoms with Crippen LogP contribution in [0, 0.1) is 5.82 Å². The zero-order valence-electron chi connectivity index (χ0n) is 13.6. The number of carbonyl (C=O) groups is 1. The third kappa shape index (κ3) is 4.99. The smallest absolute Gasteiger partial charge is 0.319 e. The van der Waals surface area contributed by atoms with E-state index >= 15 is 0 Å². The molecule has 1 aromatic carbocycles. The van der Waals surface area contributed by atoms with Crippen LogP contribution in [-0.4, -0.2) is 23.8 Å². The van der Waals surface area contributed by atoms with Crippen molar-refractivity contribution < 1.29 is 23.4 Å². The van der Waals surface area contributed by atoms with Crippen LogP contribution >= 0.6 is 0 Å². The number of anilines is 1. The molecule has 0 bridgehead atoms. The lowest BCUT2D eigenvalue weighted by Crippen LogP contribution is -2.37. The van der Waals surface area contributed by atoms with E-state index in [9.17, 15) is 14.3 Å². The van der Waals surface area contributed by atoms with Crippen LogP contribution in [0.4, 0.5) is 14.9 Å². The molecule has 130 valence electrons. The maximum absolute atomic E-state index is 13.3. The zero-order valence-corrected chi connectivity index (χ0v) is 13.6. The third-order valence-electron chi connectivity index (χ3n) is 3.32. The number of nitrogens with one attached hydrogen (secondary N) is 2. The molecule has 6 nitrogen and oxygen atoms in total. The summed E-state index contributed by atoms with van der Waals surface area (Å²) in [6.07, 6.45) is 0.968. The topological polar surface area (TPSA) is 83.7 Å². The van der Waals surface area contributed by atoms with Crippen LogP contribution in [0.3, 0.4) is 0 Å². The lowest BCUT2D eigenvalue weighted by atomic mass is 10.1. The molecule has 0 unspecified atom stereocenters. The first-order valence-corrected chi connectivity index (χ1v) is 7.71. The number of halogens is 1. The summed E-state index contributed by atoms with van der Waals surface area (Å²) >= 11 is 0. The number of benzene rings is 1. The summed E-state index contributed by atoms with van der Waals surface area (Å²) in [5.74, 6) is 0.261. The van der Waals surface area contributed by atoms with Gasteiger partial charge in [-0.1, -0.05) is 0 Å². The molecular weight excluding hydrogens is 315 g/mol. The molecule has 0 aliphatic rings. The number of hydrogen-bond acceptors (Lipinski definition) is 4. The summed E-state index contributed by atoms with van der Waals surface area (Å²) in [6.45, 7) is 3.89. The van der Waals surface area contributed by atoms with Gasteiger partial charge in [-0.25, -0.2) is 9.18 Å². The molecule has 1 heterocycles. The van der Waals surface area contributed by atoms with Gasteiger partial charge >= 0.3 is 6.03 Å². The standard InChI is InChI=1S/C17H21FN2O4/c1-3-23-16-10-12(18)6-7-13(16)20-17(22)19-11(2)9-14(21)15-5-4-8-24-15/h4-8,10-11,14,21H,3,9H2,1-2H3,(H2,19,20,22)/t11-,14+/m0/s1. The molecule has 0 aliphatic carbocycles. The fourth-order valence-corrected chi connectivity index (χ4v) is 2.25. The van der Waals surface area contributed by atoms with Gasteiger partial charge in [0.1, 0.15) is 23.4 Å². The van der Waals surface area contributed by atoms with Gasteiger partial charge in [-0.2, -0.15) is 0 Å². The van der Waals surface area contributed by atoms with E-state index in [0.717, 1.165) is 0 Å². The van der Waals surface area contributed by atoms with Gasteiger partial charge in [-0.15, -0.1) is 0 Å². The quantitative estimate of drug-likeness (QED) is 0.723. The van der Waals surface area contributed by atoms with Gasteiger partial charge in [0.2, 0.25) is 0 Å². The summed E-state index contributed by atoms with van der Waals surface area (Å²) in [5, 5.41) is 15.3. The maximum atomic E-state index is 13.3. The van der Waals surface area contributed by atoms with Crippen molar-refractivity contribution in [2.24, 2.45) is 0 Å². The Morgan fingerprint density at radius 1 is 1.42 bits per heavy atom. The fourth-order valence-electron chi connectivity index (χ4n) is 2.25. The molecule has 0 spiro atoms. The molecule has 0 aliphatic heterocycles. The Morgan fingerprint density at radius 2 is 2.21 bits per heavy atom. The second-order valence-corrected chi connectivity index (χ2v) is 5.34. The molecule has 0 fully saturated rings. The summed E-state index contributed by atoms with van der Waals surface area (Å²) in [7, 11) is 0. The van der Waals surface area contributed by atoms with Gasteiger partial charge in [0.05, 0.1) is 18.6 Å². The molecule has 24 heavy (non-hydrogen) atoms. The Kier molecular flexibility index (Phi) is 6.20. The Labute approximate surface area is 139 Å². The number of aliphatic hydroxyl groups excluding tert-OH is 1. The Bertz CT molecular complexity index is 661. The number of carbonyl (C=O) groups excluding carboxylic acids is 1. The van der Waals surface area contributed by atoms with Gasteiger partial charge in [-0.05, 0) is 38.1 Å². The van der Waals surface area contributed by atoms with Crippen LogP contribution in [0.2, 0.25) is 0 Å². The summed E-state index contributed by atoms with van der Waals surface area (Å²) in [6, 6.07) is 6.47. The van der Waals surface area contributed by atoms with Crippen LogP contribution in [0.15, 0.2) is 41.0 Å². The van der Waals surface area contributed by atoms with Crippen molar-refractivity contribution in [3.05, 3.63) is 48.2 Å². The molecular formula is C17H21FN2O4. The minimum atomic E-state index is -0.805. The number of rotatable bonds is 7. The highest BCUT2D eigenvalue weighted by molar-refractivity contribution is 5.91. The summed E-state index contributed by atoms with van der Waals surface area (Å²) in [5.41, 5.74) is 0.370. The SMILES string of the molecule is CCOc1cc(F)ccc1NC(=O)N[C@@H](C)C[C@@H](O)c1ccco1. The van der Waals surface area contributed by atoms with Crippen molar-refractivity contribution in [2.45, 2.75) is 32.4 Å². The monoisotopic (exact) mass is 336 g/mol. The van der Waals surface area contributed by atoms with Crippen LogP contribution in [0.1, 0.15) is 32.1 Å². The molecule has 2 amide bonds. The molecule has 7 heteroatoms. The predicted octanol–water partition coefficient (Wildman–Crippen LogP) is 3.45. The minimum absolute atomic E-state index is 0.260. The van der Waals surface area contributed by atoms with Crippen molar-refractivity contribution in [1.29, 1.82) is 0 Å². The van der Waals surface area contributed by atoms with Crippen molar-refractivity contribution >= 4 is 11.7 Å². The average Bonchev–Trinajstić information content (AvgIpc) is 3.04. The number of hydrogen-bond donors (Lipinski definition) is 3. The van der Waals surface area contributed by atoms with Crippen LogP contribution in [-0.2, 0) is 0 Å². The number of amides is 2. The van der Waals surface area contributed by atoms with Crippen LogP contribution in [0.25, 0.3) is 0 Å². The van der Waals surface area contributed by atoms with Gasteiger partial charge in [-0.3, -0.25) is 0 Å². The highest BCUT2D eigenvalue weighted by Crippen LogP contribution is 2.25. The van der Waals surface area contributed by atoms with E-state index in [-0.39, 0.29) is 11.8 Å². The van der Waals surface area contributed by atoms with E-state index in [1.807, 2.05) is 0 Å². The maximum Gasteiger partial charge on any atom is 0.319 e. The third-order valence-corrected chi connectivity index (χ3v) is 3.32. The number of urea groups is 1. The lowest BCUT2D eigenvalue weighted by molar-refractivity contribution is 0.130. The van der Waals surface area contributed by atoms with E-state index < -0.39 is 18.0 Å². The average molecular weight is 336 g/mol. The molecule has 0 saturated heterocycles. The molecule has 2 rings (SSSR count). The summed E-state index contributed by atoms with van der Waals surface area (Å²) in [4.78, 5) is 12.1. The normalized spacial score (nSPS) is 13.2. The van der Waals surface area contributed by atoms with Crippen molar-refractivity contribution in [3.8, 4) is 5.75 Å².